The van der Waals surface area contributed by atoms with Crippen LogP contribution in [0.4, 0.5) is 0 Å². The first-order valence-electron chi connectivity index (χ1n) is 25.2. The van der Waals surface area contributed by atoms with Gasteiger partial charge in [-0.3, -0.25) is 0 Å². The second-order valence-corrected chi connectivity index (χ2v) is 21.6. The van der Waals surface area contributed by atoms with Crippen molar-refractivity contribution in [3.8, 4) is 67.2 Å². The highest BCUT2D eigenvalue weighted by Crippen LogP contribution is 2.58. The third-order valence-corrected chi connectivity index (χ3v) is 15.0. The van der Waals surface area contributed by atoms with Crippen LogP contribution in [0.1, 0.15) is 52.7 Å². The molecule has 0 saturated carbocycles. The molecule has 0 atom stereocenters. The molecular formula is C70H54O2. The van der Waals surface area contributed by atoms with E-state index in [1.165, 1.54) is 21.9 Å². The molecule has 0 bridgehead atoms. The summed E-state index contributed by atoms with van der Waals surface area (Å²) >= 11 is 0. The number of hydrogen-bond acceptors (Lipinski definition) is 2. The van der Waals surface area contributed by atoms with Crippen molar-refractivity contribution in [1.29, 1.82) is 0 Å². The summed E-state index contributed by atoms with van der Waals surface area (Å²) in [5, 5.41) is 11.3. The standard InChI is InChI=1S/C70H54O2/c1-69(2,3)53-37-33-47(34-38-53)59-63-61(57-27-15-23-45-19-11-13-25-55(45)57)68-64(60(48-35-39-54(40-36-48)70(4,5)6)66(72-68)52-32-30-44-18-8-10-22-50(44)42-52)62(58-28-16-24-46-20-12-14-26-56(46)58)67(63)71-65(59)51-31-29-43-17-7-9-21-49(43)41-51/h7-42H,1-6H3. The molecule has 0 N–H and O–H groups in total. The van der Waals surface area contributed by atoms with E-state index in [4.69, 9.17) is 8.83 Å². The Hall–Kier alpha value is -8.46. The summed E-state index contributed by atoms with van der Waals surface area (Å²) in [6, 6.07) is 79.9. The third kappa shape index (κ3) is 7.16. The summed E-state index contributed by atoms with van der Waals surface area (Å²) < 4.78 is 15.8. The molecule has 0 aliphatic rings. The van der Waals surface area contributed by atoms with Crippen LogP contribution < -0.4 is 0 Å². The van der Waals surface area contributed by atoms with Gasteiger partial charge in [0.1, 0.15) is 22.7 Å². The Morgan fingerprint density at radius 3 is 1.00 bits per heavy atom. The van der Waals surface area contributed by atoms with E-state index in [0.29, 0.717) is 0 Å². The highest BCUT2D eigenvalue weighted by Gasteiger charge is 2.34. The van der Waals surface area contributed by atoms with Gasteiger partial charge >= 0.3 is 0 Å². The summed E-state index contributed by atoms with van der Waals surface area (Å²) in [6.07, 6.45) is 0. The molecule has 2 aromatic heterocycles. The maximum Gasteiger partial charge on any atom is 0.144 e. The fourth-order valence-electron chi connectivity index (χ4n) is 11.2. The Morgan fingerprint density at radius 1 is 0.278 bits per heavy atom. The molecule has 0 aliphatic heterocycles. The van der Waals surface area contributed by atoms with E-state index >= 15 is 0 Å². The van der Waals surface area contributed by atoms with Gasteiger partial charge in [0, 0.05) is 44.2 Å². The Bertz CT molecular complexity index is 3970. The number of hydrogen-bond donors (Lipinski definition) is 0. The zero-order chi connectivity index (χ0) is 48.9. The SMILES string of the molecule is CC(C)(C)c1ccc(-c2c(-c3ccc4ccccc4c3)oc3c(-c4cccc5ccccc45)c4c(-c5ccc(C(C)(C)C)cc5)c(-c5ccc6ccccc6c5)oc4c(-c4cccc5ccccc45)c23)cc1. The van der Waals surface area contributed by atoms with Gasteiger partial charge in [0.2, 0.25) is 0 Å². The molecule has 11 aromatic carbocycles. The lowest BCUT2D eigenvalue weighted by atomic mass is 9.82. The minimum absolute atomic E-state index is 0.0329. The van der Waals surface area contributed by atoms with Crippen LogP contribution in [0.15, 0.2) is 227 Å². The summed E-state index contributed by atoms with van der Waals surface area (Å²) in [4.78, 5) is 0. The van der Waals surface area contributed by atoms with E-state index in [1.807, 2.05) is 0 Å². The fraction of sp³-hybridized carbons (Fsp3) is 0.114. The molecule has 2 heteroatoms. The van der Waals surface area contributed by atoms with Gasteiger partial charge in [0.15, 0.2) is 0 Å². The maximum absolute atomic E-state index is 7.89. The normalized spacial score (nSPS) is 12.3. The van der Waals surface area contributed by atoms with Crippen molar-refractivity contribution >= 4 is 65.0 Å². The lowest BCUT2D eigenvalue weighted by Crippen LogP contribution is -2.10. The predicted octanol–water partition coefficient (Wildman–Crippen LogP) is 20.4. The van der Waals surface area contributed by atoms with E-state index in [2.05, 4.69) is 260 Å². The van der Waals surface area contributed by atoms with Gasteiger partial charge in [0.25, 0.3) is 0 Å². The minimum atomic E-state index is -0.0329. The van der Waals surface area contributed by atoms with Crippen LogP contribution in [0.5, 0.6) is 0 Å². The molecule has 0 unspecified atom stereocenters. The zero-order valence-corrected chi connectivity index (χ0v) is 41.6. The highest BCUT2D eigenvalue weighted by atomic mass is 16.3. The van der Waals surface area contributed by atoms with Crippen molar-refractivity contribution < 1.29 is 8.83 Å². The first-order valence-corrected chi connectivity index (χ1v) is 25.2. The fourth-order valence-corrected chi connectivity index (χ4v) is 11.2. The van der Waals surface area contributed by atoms with Crippen LogP contribution >= 0.6 is 0 Å². The molecule has 0 amide bonds. The molecule has 13 rings (SSSR count). The molecule has 0 saturated heterocycles. The summed E-state index contributed by atoms with van der Waals surface area (Å²) in [5.74, 6) is 1.64. The van der Waals surface area contributed by atoms with Gasteiger partial charge in [-0.05, 0) is 99.4 Å². The first kappa shape index (κ1) is 43.6. The van der Waals surface area contributed by atoms with E-state index < -0.39 is 0 Å². The molecular weight excluding hydrogens is 873 g/mol. The van der Waals surface area contributed by atoms with Crippen LogP contribution in [-0.4, -0.2) is 0 Å². The van der Waals surface area contributed by atoms with Gasteiger partial charge < -0.3 is 8.83 Å². The molecule has 2 heterocycles. The average molecular weight is 927 g/mol. The van der Waals surface area contributed by atoms with Gasteiger partial charge in [0.05, 0.1) is 0 Å². The molecule has 0 radical (unpaired) electrons. The number of fused-ring (bicyclic) bond motifs is 6. The van der Waals surface area contributed by atoms with Gasteiger partial charge in [-0.15, -0.1) is 0 Å². The highest BCUT2D eigenvalue weighted by molar-refractivity contribution is 6.30. The Kier molecular flexibility index (Phi) is 10.0. The van der Waals surface area contributed by atoms with E-state index in [9.17, 15) is 0 Å². The second-order valence-electron chi connectivity index (χ2n) is 21.6. The lowest BCUT2D eigenvalue weighted by molar-refractivity contribution is 0.590. The van der Waals surface area contributed by atoms with Crippen molar-refractivity contribution in [1.82, 2.24) is 0 Å². The van der Waals surface area contributed by atoms with Crippen LogP contribution in [0, 0.1) is 0 Å². The molecule has 346 valence electrons. The van der Waals surface area contributed by atoms with Gasteiger partial charge in [-0.1, -0.05) is 248 Å². The average Bonchev–Trinajstić information content (AvgIpc) is 3.99. The van der Waals surface area contributed by atoms with E-state index in [1.54, 1.807) is 0 Å². The van der Waals surface area contributed by atoms with Crippen molar-refractivity contribution in [2.24, 2.45) is 0 Å². The maximum atomic E-state index is 7.89. The third-order valence-electron chi connectivity index (χ3n) is 15.0. The second kappa shape index (κ2) is 16.6. The Balaban J connectivity index is 1.30. The summed E-state index contributed by atoms with van der Waals surface area (Å²) in [5.41, 5.74) is 14.5. The van der Waals surface area contributed by atoms with Crippen LogP contribution in [0.2, 0.25) is 0 Å². The summed E-state index contributed by atoms with van der Waals surface area (Å²) in [6.45, 7) is 13.7. The van der Waals surface area contributed by atoms with Crippen molar-refractivity contribution in [2.75, 3.05) is 0 Å². The van der Waals surface area contributed by atoms with Crippen LogP contribution in [0.25, 0.3) is 132 Å². The largest absolute Gasteiger partial charge is 0.455 e. The molecule has 0 fully saturated rings. The van der Waals surface area contributed by atoms with Crippen LogP contribution in [0.3, 0.4) is 0 Å². The smallest absolute Gasteiger partial charge is 0.144 e. The topological polar surface area (TPSA) is 26.3 Å². The molecule has 2 nitrogen and oxygen atoms in total. The summed E-state index contributed by atoms with van der Waals surface area (Å²) in [7, 11) is 0. The monoisotopic (exact) mass is 926 g/mol. The van der Waals surface area contributed by atoms with Crippen molar-refractivity contribution in [3.63, 3.8) is 0 Å². The van der Waals surface area contributed by atoms with Gasteiger partial charge in [-0.25, -0.2) is 0 Å². The van der Waals surface area contributed by atoms with E-state index in [-0.39, 0.29) is 10.8 Å². The molecule has 0 aliphatic carbocycles. The van der Waals surface area contributed by atoms with E-state index in [0.717, 1.165) is 121 Å². The first-order chi connectivity index (χ1) is 35.0. The number of benzene rings is 11. The number of furan rings is 2. The van der Waals surface area contributed by atoms with Crippen LogP contribution in [-0.2, 0) is 10.8 Å². The lowest BCUT2D eigenvalue weighted by Gasteiger charge is -2.20. The Morgan fingerprint density at radius 2 is 0.611 bits per heavy atom. The van der Waals surface area contributed by atoms with Crippen molar-refractivity contribution in [2.45, 2.75) is 52.4 Å². The molecule has 13 aromatic rings. The minimum Gasteiger partial charge on any atom is -0.455 e. The predicted molar refractivity (Wildman–Crippen MR) is 306 cm³/mol. The van der Waals surface area contributed by atoms with Crippen molar-refractivity contribution in [3.05, 3.63) is 230 Å². The molecule has 0 spiro atoms. The molecule has 72 heavy (non-hydrogen) atoms. The Labute approximate surface area is 420 Å². The number of rotatable bonds is 6. The zero-order valence-electron chi connectivity index (χ0n) is 41.6. The quantitative estimate of drug-likeness (QED) is 0.166. The van der Waals surface area contributed by atoms with Gasteiger partial charge in [-0.2, -0.15) is 0 Å².